The predicted octanol–water partition coefficient (Wildman–Crippen LogP) is 4.47. The van der Waals surface area contributed by atoms with Crippen LogP contribution < -0.4 is 0 Å². The van der Waals surface area contributed by atoms with Gasteiger partial charge in [0.25, 0.3) is 0 Å². The van der Waals surface area contributed by atoms with Crippen molar-refractivity contribution in [3.05, 3.63) is 23.8 Å². The van der Waals surface area contributed by atoms with Gasteiger partial charge in [0.1, 0.15) is 0 Å². The number of fused-ring (bicyclic) bond motifs is 5. The Labute approximate surface area is 147 Å². The molecule has 4 aliphatic rings. The highest BCUT2D eigenvalue weighted by atomic mass is 16.3. The van der Waals surface area contributed by atoms with E-state index in [1.54, 1.807) is 5.57 Å². The first-order valence-electron chi connectivity index (χ1n) is 10.1. The third kappa shape index (κ3) is 2.36. The second kappa shape index (κ2) is 5.99. The van der Waals surface area contributed by atoms with E-state index in [-0.39, 0.29) is 12.7 Å². The third-order valence-electron chi connectivity index (χ3n) is 8.63. The molecule has 0 heterocycles. The van der Waals surface area contributed by atoms with Crippen LogP contribution in [0.15, 0.2) is 23.8 Å². The zero-order valence-electron chi connectivity index (χ0n) is 15.4. The molecule has 0 aromatic heterocycles. The molecule has 0 radical (unpaired) electrons. The lowest BCUT2D eigenvalue weighted by molar-refractivity contribution is -0.0442. The van der Waals surface area contributed by atoms with Crippen molar-refractivity contribution in [3.8, 4) is 0 Å². The summed E-state index contributed by atoms with van der Waals surface area (Å²) >= 11 is 0. The van der Waals surface area contributed by atoms with E-state index >= 15 is 0 Å². The molecule has 0 aliphatic heterocycles. The van der Waals surface area contributed by atoms with Crippen LogP contribution in [0.4, 0.5) is 0 Å². The van der Waals surface area contributed by atoms with Gasteiger partial charge in [0, 0.05) is 0 Å². The molecule has 2 N–H and O–H groups in total. The second-order valence-electron chi connectivity index (χ2n) is 9.50. The maximum Gasteiger partial charge on any atom is 0.0612 e. The molecule has 0 unspecified atom stereocenters. The lowest BCUT2D eigenvalue weighted by Crippen LogP contribution is -2.50. The first kappa shape index (κ1) is 16.8. The highest BCUT2D eigenvalue weighted by Crippen LogP contribution is 2.66. The quantitative estimate of drug-likeness (QED) is 0.733. The lowest BCUT2D eigenvalue weighted by atomic mass is 9.47. The average molecular weight is 331 g/mol. The summed E-state index contributed by atoms with van der Waals surface area (Å²) in [6.07, 6.45) is 16.4. The Bertz CT molecular complexity index is 550. The number of hydrogen-bond donors (Lipinski definition) is 2. The molecule has 2 heteroatoms. The Morgan fingerprint density at radius 2 is 1.96 bits per heavy atom. The summed E-state index contributed by atoms with van der Waals surface area (Å²) in [4.78, 5) is 0. The fraction of sp³-hybridized carbons (Fsp3) is 0.818. The van der Waals surface area contributed by atoms with Crippen molar-refractivity contribution >= 4 is 0 Å². The fourth-order valence-electron chi connectivity index (χ4n) is 7.22. The van der Waals surface area contributed by atoms with Crippen LogP contribution in [0.3, 0.4) is 0 Å². The maximum absolute atomic E-state index is 10.1. The van der Waals surface area contributed by atoms with Crippen LogP contribution >= 0.6 is 0 Å². The monoisotopic (exact) mass is 330 g/mol. The smallest absolute Gasteiger partial charge is 0.0612 e. The third-order valence-corrected chi connectivity index (χ3v) is 8.63. The molecule has 4 aliphatic carbocycles. The van der Waals surface area contributed by atoms with Gasteiger partial charge in [-0.2, -0.15) is 0 Å². The molecule has 134 valence electrons. The summed E-state index contributed by atoms with van der Waals surface area (Å²) in [5.41, 5.74) is 2.35. The van der Waals surface area contributed by atoms with E-state index in [9.17, 15) is 5.11 Å². The van der Waals surface area contributed by atoms with Gasteiger partial charge >= 0.3 is 0 Å². The molecule has 2 nitrogen and oxygen atoms in total. The summed E-state index contributed by atoms with van der Waals surface area (Å²) < 4.78 is 0. The van der Waals surface area contributed by atoms with Gasteiger partial charge in [0.2, 0.25) is 0 Å². The summed E-state index contributed by atoms with van der Waals surface area (Å²) in [6.45, 7) is 5.21. The van der Waals surface area contributed by atoms with E-state index in [1.807, 2.05) is 6.08 Å². The number of allylic oxidation sites excluding steroid dienone is 2. The molecule has 0 spiro atoms. The van der Waals surface area contributed by atoms with Gasteiger partial charge in [-0.1, -0.05) is 37.6 Å². The maximum atomic E-state index is 10.1. The van der Waals surface area contributed by atoms with E-state index in [2.05, 4.69) is 26.0 Å². The number of hydrogen-bond acceptors (Lipinski definition) is 2. The minimum atomic E-state index is -0.103. The van der Waals surface area contributed by atoms with Gasteiger partial charge in [-0.05, 0) is 85.9 Å². The van der Waals surface area contributed by atoms with Crippen molar-refractivity contribution in [1.82, 2.24) is 0 Å². The highest BCUT2D eigenvalue weighted by molar-refractivity contribution is 5.25. The first-order valence-corrected chi connectivity index (χ1v) is 10.1. The van der Waals surface area contributed by atoms with Crippen LogP contribution in [0.1, 0.15) is 65.2 Å². The molecule has 0 aromatic carbocycles. The molecule has 3 saturated carbocycles. The van der Waals surface area contributed by atoms with Crippen LogP contribution in [-0.4, -0.2) is 22.9 Å². The Kier molecular flexibility index (Phi) is 4.20. The standard InChI is InChI=1S/C22H34O2/c1-21-12-10-20-18(19(21)8-6-15(21)4-3-13-23)7-5-16-14-17(24)9-11-22(16,20)2/h3-5,15,17-20,23-24H,6-14H2,1-2H3/t15-,17-,18-,19-,20-,21+,22-/m0/s1. The zero-order chi connectivity index (χ0) is 16.9. The van der Waals surface area contributed by atoms with Crippen molar-refractivity contribution < 1.29 is 10.2 Å². The first-order chi connectivity index (χ1) is 11.5. The molecule has 24 heavy (non-hydrogen) atoms. The fourth-order valence-corrected chi connectivity index (χ4v) is 7.22. The summed E-state index contributed by atoms with van der Waals surface area (Å²) in [6, 6.07) is 0. The Morgan fingerprint density at radius 3 is 2.75 bits per heavy atom. The molecule has 0 aromatic rings. The zero-order valence-corrected chi connectivity index (χ0v) is 15.4. The Morgan fingerprint density at radius 1 is 1.12 bits per heavy atom. The van der Waals surface area contributed by atoms with E-state index in [0.717, 1.165) is 30.6 Å². The van der Waals surface area contributed by atoms with Crippen molar-refractivity contribution in [3.63, 3.8) is 0 Å². The Balaban J connectivity index is 1.62. The Hall–Kier alpha value is -0.600. The number of aliphatic hydroxyl groups is 2. The molecular formula is C22H34O2. The summed E-state index contributed by atoms with van der Waals surface area (Å²) in [7, 11) is 0. The molecule has 3 fully saturated rings. The van der Waals surface area contributed by atoms with Crippen molar-refractivity contribution in [1.29, 1.82) is 0 Å². The van der Waals surface area contributed by atoms with Crippen LogP contribution in [0, 0.1) is 34.5 Å². The van der Waals surface area contributed by atoms with Gasteiger partial charge in [0.05, 0.1) is 12.7 Å². The topological polar surface area (TPSA) is 40.5 Å². The van der Waals surface area contributed by atoms with Crippen molar-refractivity contribution in [2.75, 3.05) is 6.61 Å². The molecule has 4 rings (SSSR count). The van der Waals surface area contributed by atoms with E-state index in [1.165, 1.54) is 38.5 Å². The predicted molar refractivity (Wildman–Crippen MR) is 97.4 cm³/mol. The van der Waals surface area contributed by atoms with Gasteiger partial charge in [-0.3, -0.25) is 0 Å². The van der Waals surface area contributed by atoms with Crippen LogP contribution in [-0.2, 0) is 0 Å². The summed E-state index contributed by atoms with van der Waals surface area (Å²) in [5, 5.41) is 19.3. The lowest BCUT2D eigenvalue weighted by Gasteiger charge is -2.58. The number of aliphatic hydroxyl groups excluding tert-OH is 2. The number of rotatable bonds is 2. The normalized spacial score (nSPS) is 51.0. The van der Waals surface area contributed by atoms with Crippen LogP contribution in [0.5, 0.6) is 0 Å². The molecule has 0 saturated heterocycles. The van der Waals surface area contributed by atoms with E-state index in [4.69, 9.17) is 5.11 Å². The second-order valence-corrected chi connectivity index (χ2v) is 9.50. The highest BCUT2D eigenvalue weighted by Gasteiger charge is 2.57. The van der Waals surface area contributed by atoms with Gasteiger partial charge < -0.3 is 10.2 Å². The largest absolute Gasteiger partial charge is 0.393 e. The van der Waals surface area contributed by atoms with Gasteiger partial charge in [-0.15, -0.1) is 0 Å². The van der Waals surface area contributed by atoms with Crippen LogP contribution in [0.2, 0.25) is 0 Å². The van der Waals surface area contributed by atoms with Crippen molar-refractivity contribution in [2.45, 2.75) is 71.3 Å². The molecular weight excluding hydrogens is 296 g/mol. The molecule has 0 amide bonds. The van der Waals surface area contributed by atoms with Crippen LogP contribution in [0.25, 0.3) is 0 Å². The van der Waals surface area contributed by atoms with E-state index < -0.39 is 0 Å². The summed E-state index contributed by atoms with van der Waals surface area (Å²) in [5.74, 6) is 3.15. The average Bonchev–Trinajstić information content (AvgIpc) is 2.90. The molecule has 0 bridgehead atoms. The minimum Gasteiger partial charge on any atom is -0.393 e. The van der Waals surface area contributed by atoms with Gasteiger partial charge in [-0.25, -0.2) is 0 Å². The van der Waals surface area contributed by atoms with E-state index in [0.29, 0.717) is 16.7 Å². The minimum absolute atomic E-state index is 0.103. The SMILES string of the molecule is C[C@]12CC[C@H]3[C@@H](CC=C4C[C@@H](O)CC[C@@]43C)[C@@H]1CC[C@@H]2C=CCO. The molecule has 7 atom stereocenters. The van der Waals surface area contributed by atoms with Crippen molar-refractivity contribution in [2.24, 2.45) is 34.5 Å². The van der Waals surface area contributed by atoms with Gasteiger partial charge in [0.15, 0.2) is 0 Å².